The summed E-state index contributed by atoms with van der Waals surface area (Å²) in [6.45, 7) is 3.85. The van der Waals surface area contributed by atoms with Crippen LogP contribution in [-0.2, 0) is 4.79 Å². The van der Waals surface area contributed by atoms with Crippen molar-refractivity contribution in [1.29, 1.82) is 0 Å². The van der Waals surface area contributed by atoms with Gasteiger partial charge < -0.3 is 4.74 Å². The monoisotopic (exact) mass is 257 g/mol. The van der Waals surface area contributed by atoms with Crippen molar-refractivity contribution in [1.82, 2.24) is 9.97 Å². The van der Waals surface area contributed by atoms with Gasteiger partial charge in [-0.25, -0.2) is 9.97 Å². The van der Waals surface area contributed by atoms with Crippen molar-refractivity contribution in [2.75, 3.05) is 11.9 Å². The van der Waals surface area contributed by atoms with Gasteiger partial charge >= 0.3 is 0 Å². The van der Waals surface area contributed by atoms with Crippen molar-refractivity contribution in [3.8, 4) is 5.75 Å². The maximum atomic E-state index is 11.7. The third kappa shape index (κ3) is 3.77. The molecule has 0 aliphatic rings. The number of hydrogen-bond donors (Lipinski definition) is 1. The minimum absolute atomic E-state index is 0.0669. The normalized spacial score (nSPS) is 10.0. The van der Waals surface area contributed by atoms with Gasteiger partial charge in [0, 0.05) is 12.4 Å². The van der Waals surface area contributed by atoms with E-state index in [4.69, 9.17) is 4.74 Å². The molecule has 0 saturated carbocycles. The third-order valence-electron chi connectivity index (χ3n) is 2.52. The van der Waals surface area contributed by atoms with Crippen LogP contribution in [0.15, 0.2) is 36.7 Å². The van der Waals surface area contributed by atoms with Crippen molar-refractivity contribution in [3.63, 3.8) is 0 Å². The van der Waals surface area contributed by atoms with Crippen LogP contribution in [0.4, 0.5) is 5.95 Å². The van der Waals surface area contributed by atoms with Gasteiger partial charge in [-0.05, 0) is 37.1 Å². The number of nitrogens with zero attached hydrogens (tertiary/aromatic N) is 2. The van der Waals surface area contributed by atoms with Crippen molar-refractivity contribution in [3.05, 3.63) is 47.8 Å². The predicted octanol–water partition coefficient (Wildman–Crippen LogP) is 2.11. The number of aryl methyl sites for hydroxylation is 2. The summed E-state index contributed by atoms with van der Waals surface area (Å²) < 4.78 is 5.48. The molecule has 0 spiro atoms. The van der Waals surface area contributed by atoms with E-state index in [1.807, 2.05) is 32.0 Å². The fourth-order valence-corrected chi connectivity index (χ4v) is 1.53. The van der Waals surface area contributed by atoms with E-state index in [1.54, 1.807) is 18.5 Å². The van der Waals surface area contributed by atoms with Crippen LogP contribution in [0, 0.1) is 13.8 Å². The lowest BCUT2D eigenvalue weighted by Crippen LogP contribution is -2.21. The first kappa shape index (κ1) is 13.0. The largest absolute Gasteiger partial charge is 0.483 e. The summed E-state index contributed by atoms with van der Waals surface area (Å²) in [5, 5.41) is 2.56. The lowest BCUT2D eigenvalue weighted by atomic mass is 10.1. The van der Waals surface area contributed by atoms with Gasteiger partial charge in [0.05, 0.1) is 0 Å². The van der Waals surface area contributed by atoms with Crippen LogP contribution in [0.3, 0.4) is 0 Å². The molecule has 5 nitrogen and oxygen atoms in total. The molecule has 19 heavy (non-hydrogen) atoms. The third-order valence-corrected chi connectivity index (χ3v) is 2.52. The summed E-state index contributed by atoms with van der Waals surface area (Å²) in [7, 11) is 0. The van der Waals surface area contributed by atoms with Gasteiger partial charge in [0.25, 0.3) is 5.91 Å². The van der Waals surface area contributed by atoms with Gasteiger partial charge in [-0.2, -0.15) is 0 Å². The Balaban J connectivity index is 1.92. The van der Waals surface area contributed by atoms with Gasteiger partial charge in [0.2, 0.25) is 5.95 Å². The first-order chi connectivity index (χ1) is 9.15. The number of nitrogens with one attached hydrogen (secondary N) is 1. The quantitative estimate of drug-likeness (QED) is 0.911. The number of carbonyl (C=O) groups is 1. The number of amides is 1. The summed E-state index contributed by atoms with van der Waals surface area (Å²) in [6, 6.07) is 7.55. The Bertz CT molecular complexity index is 570. The van der Waals surface area contributed by atoms with E-state index in [1.165, 1.54) is 0 Å². The molecule has 98 valence electrons. The fourth-order valence-electron chi connectivity index (χ4n) is 1.53. The van der Waals surface area contributed by atoms with Gasteiger partial charge in [-0.1, -0.05) is 12.1 Å². The van der Waals surface area contributed by atoms with E-state index in [2.05, 4.69) is 15.3 Å². The summed E-state index contributed by atoms with van der Waals surface area (Å²) in [5.41, 5.74) is 2.08. The van der Waals surface area contributed by atoms with Crippen molar-refractivity contribution >= 4 is 11.9 Å². The summed E-state index contributed by atoms with van der Waals surface area (Å²) in [6.07, 6.45) is 3.13. The van der Waals surface area contributed by atoms with E-state index in [-0.39, 0.29) is 18.5 Å². The molecule has 1 amide bonds. The molecular formula is C14H15N3O2. The SMILES string of the molecule is Cc1ccc(C)c(OCC(=O)Nc2ncccn2)c1. The highest BCUT2D eigenvalue weighted by atomic mass is 16.5. The molecule has 2 rings (SSSR count). The number of hydrogen-bond acceptors (Lipinski definition) is 4. The molecule has 0 aliphatic carbocycles. The van der Waals surface area contributed by atoms with Crippen molar-refractivity contribution in [2.24, 2.45) is 0 Å². The topological polar surface area (TPSA) is 64.1 Å². The van der Waals surface area contributed by atoms with Gasteiger partial charge in [0.15, 0.2) is 6.61 Å². The van der Waals surface area contributed by atoms with E-state index in [9.17, 15) is 4.79 Å². The highest BCUT2D eigenvalue weighted by Gasteiger charge is 2.06. The molecule has 1 aromatic carbocycles. The van der Waals surface area contributed by atoms with Crippen molar-refractivity contribution < 1.29 is 9.53 Å². The highest BCUT2D eigenvalue weighted by molar-refractivity contribution is 5.90. The second-order valence-electron chi connectivity index (χ2n) is 4.18. The van der Waals surface area contributed by atoms with Crippen LogP contribution in [-0.4, -0.2) is 22.5 Å². The Morgan fingerprint density at radius 2 is 2.00 bits per heavy atom. The Kier molecular flexibility index (Phi) is 4.07. The fraction of sp³-hybridized carbons (Fsp3) is 0.214. The second kappa shape index (κ2) is 5.95. The molecule has 1 N–H and O–H groups in total. The second-order valence-corrected chi connectivity index (χ2v) is 4.18. The molecule has 0 fully saturated rings. The van der Waals surface area contributed by atoms with Gasteiger partial charge in [0.1, 0.15) is 5.75 Å². The molecule has 2 aromatic rings. The Morgan fingerprint density at radius 1 is 1.26 bits per heavy atom. The molecule has 0 unspecified atom stereocenters. The average molecular weight is 257 g/mol. The zero-order chi connectivity index (χ0) is 13.7. The zero-order valence-electron chi connectivity index (χ0n) is 10.9. The number of carbonyl (C=O) groups excluding carboxylic acids is 1. The lowest BCUT2D eigenvalue weighted by molar-refractivity contribution is -0.118. The highest BCUT2D eigenvalue weighted by Crippen LogP contribution is 2.18. The average Bonchev–Trinajstić information content (AvgIpc) is 2.41. The summed E-state index contributed by atoms with van der Waals surface area (Å²) in [5.74, 6) is 0.702. The Labute approximate surface area is 111 Å². The molecule has 0 atom stereocenters. The number of aromatic nitrogens is 2. The molecule has 1 heterocycles. The first-order valence-electron chi connectivity index (χ1n) is 5.92. The maximum absolute atomic E-state index is 11.7. The minimum atomic E-state index is -0.285. The van der Waals surface area contributed by atoms with Crippen LogP contribution < -0.4 is 10.1 Å². The number of ether oxygens (including phenoxy) is 1. The number of benzene rings is 1. The lowest BCUT2D eigenvalue weighted by Gasteiger charge is -2.09. The van der Waals surface area contributed by atoms with Gasteiger partial charge in [-0.15, -0.1) is 0 Å². The Hall–Kier alpha value is -2.43. The molecule has 0 saturated heterocycles. The first-order valence-corrected chi connectivity index (χ1v) is 5.92. The van der Waals surface area contributed by atoms with Crippen LogP contribution in [0.2, 0.25) is 0 Å². The van der Waals surface area contributed by atoms with E-state index >= 15 is 0 Å². The Morgan fingerprint density at radius 3 is 2.74 bits per heavy atom. The maximum Gasteiger partial charge on any atom is 0.264 e. The van der Waals surface area contributed by atoms with E-state index < -0.39 is 0 Å². The number of rotatable bonds is 4. The molecular weight excluding hydrogens is 242 g/mol. The standard InChI is InChI=1S/C14H15N3O2/c1-10-4-5-11(2)12(8-10)19-9-13(18)17-14-15-6-3-7-16-14/h3-8H,9H2,1-2H3,(H,15,16,17,18). The summed E-state index contributed by atoms with van der Waals surface area (Å²) >= 11 is 0. The van der Waals surface area contributed by atoms with Crippen LogP contribution in [0.25, 0.3) is 0 Å². The van der Waals surface area contributed by atoms with Crippen molar-refractivity contribution in [2.45, 2.75) is 13.8 Å². The number of anilines is 1. The smallest absolute Gasteiger partial charge is 0.264 e. The molecule has 5 heteroatoms. The van der Waals surface area contributed by atoms with Crippen LogP contribution in [0.1, 0.15) is 11.1 Å². The zero-order valence-corrected chi connectivity index (χ0v) is 10.9. The molecule has 0 radical (unpaired) electrons. The van der Waals surface area contributed by atoms with E-state index in [0.717, 1.165) is 11.1 Å². The predicted molar refractivity (Wildman–Crippen MR) is 72.1 cm³/mol. The van der Waals surface area contributed by atoms with Crippen LogP contribution >= 0.6 is 0 Å². The molecule has 0 bridgehead atoms. The van der Waals surface area contributed by atoms with E-state index in [0.29, 0.717) is 5.75 Å². The van der Waals surface area contributed by atoms with Gasteiger partial charge in [-0.3, -0.25) is 10.1 Å². The molecule has 1 aromatic heterocycles. The minimum Gasteiger partial charge on any atom is -0.483 e. The summed E-state index contributed by atoms with van der Waals surface area (Å²) in [4.78, 5) is 19.5. The molecule has 0 aliphatic heterocycles. The van der Waals surface area contributed by atoms with Crippen LogP contribution in [0.5, 0.6) is 5.75 Å².